The Morgan fingerprint density at radius 2 is 1.95 bits per heavy atom. The molecule has 2 rings (SSSR count). The predicted octanol–water partition coefficient (Wildman–Crippen LogP) is 4.13. The average molecular weight is 301 g/mol. The van der Waals surface area contributed by atoms with Crippen LogP contribution in [0.4, 0.5) is 4.39 Å². The first-order chi connectivity index (χ1) is 10.7. The summed E-state index contributed by atoms with van der Waals surface area (Å²) in [5.74, 6) is -0.299. The maximum atomic E-state index is 13.9. The number of methoxy groups -OCH3 is 1. The maximum absolute atomic E-state index is 13.9. The molecule has 0 aliphatic carbocycles. The summed E-state index contributed by atoms with van der Waals surface area (Å²) >= 11 is 0. The molecule has 0 spiro atoms. The monoisotopic (exact) mass is 301 g/mol. The molecule has 0 saturated carbocycles. The Labute approximate surface area is 130 Å². The van der Waals surface area contributed by atoms with E-state index in [9.17, 15) is 4.39 Å². The predicted molar refractivity (Wildman–Crippen MR) is 85.5 cm³/mol. The van der Waals surface area contributed by atoms with E-state index in [-0.39, 0.29) is 25.3 Å². The lowest BCUT2D eigenvalue weighted by Crippen LogP contribution is -2.00. The molecule has 0 aliphatic rings. The first-order valence-electron chi connectivity index (χ1n) is 7.14. The second-order valence-electron chi connectivity index (χ2n) is 4.97. The Morgan fingerprint density at radius 3 is 2.64 bits per heavy atom. The summed E-state index contributed by atoms with van der Waals surface area (Å²) in [6.07, 6.45) is 1.69. The van der Waals surface area contributed by atoms with E-state index in [0.717, 1.165) is 11.1 Å². The molecule has 0 heterocycles. The SMILES string of the molecule is COCOCc1ccc(C=N[C@@H](C)c2ccccc2)cc1F. The molecule has 2 aromatic carbocycles. The summed E-state index contributed by atoms with van der Waals surface area (Å²) in [4.78, 5) is 4.47. The van der Waals surface area contributed by atoms with Crippen molar-refractivity contribution in [1.29, 1.82) is 0 Å². The van der Waals surface area contributed by atoms with Crippen molar-refractivity contribution < 1.29 is 13.9 Å². The molecule has 0 aromatic heterocycles. The molecule has 0 radical (unpaired) electrons. The smallest absolute Gasteiger partial charge is 0.146 e. The molecular formula is C18H20FNO2. The molecule has 0 aliphatic heterocycles. The highest BCUT2D eigenvalue weighted by molar-refractivity contribution is 5.79. The van der Waals surface area contributed by atoms with Crippen molar-refractivity contribution in [3.8, 4) is 0 Å². The van der Waals surface area contributed by atoms with Crippen molar-refractivity contribution in [2.24, 2.45) is 4.99 Å². The second kappa shape index (κ2) is 8.41. The fourth-order valence-corrected chi connectivity index (χ4v) is 2.01. The van der Waals surface area contributed by atoms with Crippen LogP contribution >= 0.6 is 0 Å². The Kier molecular flexibility index (Phi) is 6.25. The molecule has 2 aromatic rings. The number of rotatable bonds is 7. The van der Waals surface area contributed by atoms with E-state index in [0.29, 0.717) is 5.56 Å². The van der Waals surface area contributed by atoms with Crippen molar-refractivity contribution in [2.45, 2.75) is 19.6 Å². The fourth-order valence-electron chi connectivity index (χ4n) is 2.01. The van der Waals surface area contributed by atoms with Gasteiger partial charge in [0.25, 0.3) is 0 Å². The minimum atomic E-state index is -0.299. The molecule has 0 unspecified atom stereocenters. The van der Waals surface area contributed by atoms with Crippen LogP contribution in [0.3, 0.4) is 0 Å². The lowest BCUT2D eigenvalue weighted by Gasteiger charge is -2.07. The van der Waals surface area contributed by atoms with Gasteiger partial charge in [-0.05, 0) is 24.1 Å². The number of hydrogen-bond acceptors (Lipinski definition) is 3. The Hall–Kier alpha value is -2.04. The number of nitrogens with zero attached hydrogens (tertiary/aromatic N) is 1. The maximum Gasteiger partial charge on any atom is 0.146 e. The van der Waals surface area contributed by atoms with Crippen molar-refractivity contribution in [1.82, 2.24) is 0 Å². The van der Waals surface area contributed by atoms with Crippen molar-refractivity contribution in [3.63, 3.8) is 0 Å². The highest BCUT2D eigenvalue weighted by atomic mass is 19.1. The summed E-state index contributed by atoms with van der Waals surface area (Å²) in [5.41, 5.74) is 2.37. The van der Waals surface area contributed by atoms with E-state index < -0.39 is 0 Å². The minimum Gasteiger partial charge on any atom is -0.359 e. The van der Waals surface area contributed by atoms with Crippen molar-refractivity contribution in [3.05, 3.63) is 71.0 Å². The van der Waals surface area contributed by atoms with E-state index >= 15 is 0 Å². The molecule has 22 heavy (non-hydrogen) atoms. The van der Waals surface area contributed by atoms with Gasteiger partial charge in [0.2, 0.25) is 0 Å². The van der Waals surface area contributed by atoms with E-state index in [4.69, 9.17) is 9.47 Å². The third-order valence-corrected chi connectivity index (χ3v) is 3.27. The van der Waals surface area contributed by atoms with Crippen LogP contribution in [-0.2, 0) is 16.1 Å². The number of benzene rings is 2. The van der Waals surface area contributed by atoms with Gasteiger partial charge < -0.3 is 9.47 Å². The van der Waals surface area contributed by atoms with Crippen LogP contribution in [-0.4, -0.2) is 20.1 Å². The largest absolute Gasteiger partial charge is 0.359 e. The summed E-state index contributed by atoms with van der Waals surface area (Å²) in [6.45, 7) is 2.35. The van der Waals surface area contributed by atoms with Gasteiger partial charge in [0.15, 0.2) is 0 Å². The van der Waals surface area contributed by atoms with Crippen molar-refractivity contribution >= 4 is 6.21 Å². The lowest BCUT2D eigenvalue weighted by atomic mass is 10.1. The first kappa shape index (κ1) is 16.3. The van der Waals surface area contributed by atoms with E-state index in [1.165, 1.54) is 13.2 Å². The molecule has 0 amide bonds. The van der Waals surface area contributed by atoms with E-state index in [1.807, 2.05) is 43.3 Å². The van der Waals surface area contributed by atoms with Gasteiger partial charge in [-0.2, -0.15) is 0 Å². The summed E-state index contributed by atoms with van der Waals surface area (Å²) < 4.78 is 23.9. The zero-order valence-corrected chi connectivity index (χ0v) is 12.8. The fraction of sp³-hybridized carbons (Fsp3) is 0.278. The van der Waals surface area contributed by atoms with Crippen LogP contribution in [0.25, 0.3) is 0 Å². The molecule has 0 bridgehead atoms. The molecule has 0 fully saturated rings. The van der Waals surface area contributed by atoms with Crippen LogP contribution in [0.1, 0.15) is 29.7 Å². The van der Waals surface area contributed by atoms with Gasteiger partial charge in [-0.1, -0.05) is 42.5 Å². The average Bonchev–Trinajstić information content (AvgIpc) is 2.55. The number of ether oxygens (including phenoxy) is 2. The Balaban J connectivity index is 2.01. The molecule has 0 saturated heterocycles. The minimum absolute atomic E-state index is 0.0361. The van der Waals surface area contributed by atoms with Gasteiger partial charge in [0.1, 0.15) is 12.6 Å². The summed E-state index contributed by atoms with van der Waals surface area (Å²) in [5, 5.41) is 0. The normalized spacial score (nSPS) is 12.7. The van der Waals surface area contributed by atoms with Crippen LogP contribution in [0.2, 0.25) is 0 Å². The zero-order valence-electron chi connectivity index (χ0n) is 12.8. The van der Waals surface area contributed by atoms with Gasteiger partial charge >= 0.3 is 0 Å². The third-order valence-electron chi connectivity index (χ3n) is 3.27. The van der Waals surface area contributed by atoms with Crippen LogP contribution in [0.5, 0.6) is 0 Å². The number of hydrogen-bond donors (Lipinski definition) is 0. The van der Waals surface area contributed by atoms with Gasteiger partial charge in [0.05, 0.1) is 12.6 Å². The molecule has 3 nitrogen and oxygen atoms in total. The molecule has 116 valence electrons. The highest BCUT2D eigenvalue weighted by Crippen LogP contribution is 2.16. The molecule has 4 heteroatoms. The number of halogens is 1. The van der Waals surface area contributed by atoms with Crippen LogP contribution < -0.4 is 0 Å². The van der Waals surface area contributed by atoms with Crippen molar-refractivity contribution in [2.75, 3.05) is 13.9 Å². The van der Waals surface area contributed by atoms with Gasteiger partial charge in [-0.15, -0.1) is 0 Å². The van der Waals surface area contributed by atoms with Crippen LogP contribution in [0, 0.1) is 5.82 Å². The molecule has 1 atom stereocenters. The quantitative estimate of drug-likeness (QED) is 0.437. The van der Waals surface area contributed by atoms with Crippen LogP contribution in [0.15, 0.2) is 53.5 Å². The second-order valence-corrected chi connectivity index (χ2v) is 4.97. The van der Waals surface area contributed by atoms with Gasteiger partial charge in [-0.25, -0.2) is 4.39 Å². The Morgan fingerprint density at radius 1 is 1.18 bits per heavy atom. The third kappa shape index (κ3) is 4.76. The van der Waals surface area contributed by atoms with Gasteiger partial charge in [0, 0.05) is 18.9 Å². The first-order valence-corrected chi connectivity index (χ1v) is 7.14. The topological polar surface area (TPSA) is 30.8 Å². The Bertz CT molecular complexity index is 614. The standard InChI is InChI=1S/C18H20FNO2/c1-14(16-6-4-3-5-7-16)20-11-15-8-9-17(18(19)10-15)12-22-13-21-2/h3-11,14H,12-13H2,1-2H3/t14-/m0/s1. The van der Waals surface area contributed by atoms with E-state index in [2.05, 4.69) is 4.99 Å². The highest BCUT2D eigenvalue weighted by Gasteiger charge is 2.04. The zero-order chi connectivity index (χ0) is 15.8. The summed E-state index contributed by atoms with van der Waals surface area (Å²) in [6, 6.07) is 15.0. The number of aliphatic imine (C=N–C) groups is 1. The molecule has 0 N–H and O–H groups in total. The lowest BCUT2D eigenvalue weighted by molar-refractivity contribution is -0.0398. The molecular weight excluding hydrogens is 281 g/mol. The van der Waals surface area contributed by atoms with E-state index in [1.54, 1.807) is 12.3 Å². The van der Waals surface area contributed by atoms with Gasteiger partial charge in [-0.3, -0.25) is 4.99 Å². The summed E-state index contributed by atoms with van der Waals surface area (Å²) in [7, 11) is 1.53.